The van der Waals surface area contributed by atoms with Crippen molar-refractivity contribution in [2.24, 2.45) is 5.41 Å². The highest BCUT2D eigenvalue weighted by atomic mass is 16.5. The van der Waals surface area contributed by atoms with Gasteiger partial charge in [0.15, 0.2) is 0 Å². The Labute approximate surface area is 132 Å². The van der Waals surface area contributed by atoms with Gasteiger partial charge in [-0.3, -0.25) is 0 Å². The molecule has 0 radical (unpaired) electrons. The number of ether oxygens (including phenoxy) is 1. The molecule has 3 saturated heterocycles. The first-order valence-electron chi connectivity index (χ1n) is 8.57. The molecule has 3 fully saturated rings. The molecule has 1 N–H and O–H groups in total. The van der Waals surface area contributed by atoms with Gasteiger partial charge in [-0.15, -0.1) is 0 Å². The molecule has 0 amide bonds. The summed E-state index contributed by atoms with van der Waals surface area (Å²) in [6.45, 7) is 8.69. The third-order valence-corrected chi connectivity index (χ3v) is 5.51. The zero-order valence-electron chi connectivity index (χ0n) is 13.4. The maximum atomic E-state index is 6.03. The van der Waals surface area contributed by atoms with Crippen LogP contribution in [0.25, 0.3) is 0 Å². The number of likely N-dealkylation sites (tertiary alicyclic amines) is 1. The summed E-state index contributed by atoms with van der Waals surface area (Å²) in [6, 6.07) is 1.97. The van der Waals surface area contributed by atoms with E-state index in [-0.39, 0.29) is 0 Å². The summed E-state index contributed by atoms with van der Waals surface area (Å²) in [5.74, 6) is 1.57. The number of hydrogen-bond donors (Lipinski definition) is 1. The van der Waals surface area contributed by atoms with Gasteiger partial charge in [0.1, 0.15) is 5.82 Å². The number of aromatic nitrogens is 2. The van der Waals surface area contributed by atoms with Crippen molar-refractivity contribution >= 4 is 0 Å². The van der Waals surface area contributed by atoms with E-state index in [2.05, 4.69) is 20.2 Å². The van der Waals surface area contributed by atoms with Gasteiger partial charge in [0.05, 0.1) is 12.7 Å². The molecule has 0 aromatic carbocycles. The lowest BCUT2D eigenvalue weighted by Crippen LogP contribution is -2.54. The topological polar surface area (TPSA) is 50.3 Å². The zero-order chi connectivity index (χ0) is 15.0. The molecule has 22 heavy (non-hydrogen) atoms. The lowest BCUT2D eigenvalue weighted by molar-refractivity contribution is 0.0519. The van der Waals surface area contributed by atoms with E-state index in [1.165, 1.54) is 19.3 Å². The maximum Gasteiger partial charge on any atom is 0.131 e. The van der Waals surface area contributed by atoms with Crippen LogP contribution in [0.4, 0.5) is 0 Å². The number of nitrogens with one attached hydrogen (secondary N) is 1. The minimum atomic E-state index is 0.439. The highest BCUT2D eigenvalue weighted by Gasteiger charge is 2.45. The second-order valence-electron chi connectivity index (χ2n) is 7.37. The van der Waals surface area contributed by atoms with E-state index in [9.17, 15) is 0 Å². The molecule has 3 aliphatic rings. The van der Waals surface area contributed by atoms with Crippen LogP contribution in [0.3, 0.4) is 0 Å². The second-order valence-corrected chi connectivity index (χ2v) is 7.37. The van der Waals surface area contributed by atoms with Gasteiger partial charge in [0, 0.05) is 42.9 Å². The Kier molecular flexibility index (Phi) is 3.88. The van der Waals surface area contributed by atoms with E-state index in [4.69, 9.17) is 4.74 Å². The summed E-state index contributed by atoms with van der Waals surface area (Å²) in [6.07, 6.45) is 5.91. The maximum absolute atomic E-state index is 6.03. The fourth-order valence-corrected chi connectivity index (χ4v) is 4.06. The fourth-order valence-electron chi connectivity index (χ4n) is 4.06. The van der Waals surface area contributed by atoms with Crippen LogP contribution in [0.1, 0.15) is 36.7 Å². The molecular weight excluding hydrogens is 276 g/mol. The number of nitrogens with zero attached hydrogens (tertiary/aromatic N) is 3. The van der Waals surface area contributed by atoms with Crippen LogP contribution in [0.5, 0.6) is 0 Å². The average molecular weight is 302 g/mol. The standard InChI is InChI=1S/C17H26N4O/c1-13-2-5-19-16(20-13)14-3-6-21(7-4-14)9-15-8-17(12-22-15)10-18-11-17/h2,5,14-15,18H,3-4,6-12H2,1H3. The lowest BCUT2D eigenvalue weighted by atomic mass is 9.80. The second kappa shape index (κ2) is 5.87. The molecule has 0 aliphatic carbocycles. The Hall–Kier alpha value is -1.04. The monoisotopic (exact) mass is 302 g/mol. The molecule has 1 spiro atoms. The van der Waals surface area contributed by atoms with Crippen LogP contribution in [0.2, 0.25) is 0 Å². The van der Waals surface area contributed by atoms with Gasteiger partial charge < -0.3 is 15.0 Å². The number of piperidine rings is 1. The molecule has 5 heteroatoms. The summed E-state index contributed by atoms with van der Waals surface area (Å²) in [7, 11) is 0. The first-order valence-corrected chi connectivity index (χ1v) is 8.57. The van der Waals surface area contributed by atoms with E-state index in [1.54, 1.807) is 0 Å². The van der Waals surface area contributed by atoms with Crippen molar-refractivity contribution in [3.8, 4) is 0 Å². The average Bonchev–Trinajstić information content (AvgIpc) is 2.93. The van der Waals surface area contributed by atoms with E-state index in [0.29, 0.717) is 17.4 Å². The van der Waals surface area contributed by atoms with Gasteiger partial charge >= 0.3 is 0 Å². The predicted molar refractivity (Wildman–Crippen MR) is 84.8 cm³/mol. The highest BCUT2D eigenvalue weighted by Crippen LogP contribution is 2.36. The molecule has 1 atom stereocenters. The Morgan fingerprint density at radius 3 is 2.82 bits per heavy atom. The first kappa shape index (κ1) is 14.5. The van der Waals surface area contributed by atoms with Crippen molar-refractivity contribution in [1.29, 1.82) is 0 Å². The van der Waals surface area contributed by atoms with E-state index in [0.717, 1.165) is 50.8 Å². The SMILES string of the molecule is Cc1ccnc(C2CCN(CC3CC4(CNC4)CO3)CC2)n1. The van der Waals surface area contributed by atoms with Crippen molar-refractivity contribution in [2.45, 2.75) is 38.2 Å². The van der Waals surface area contributed by atoms with Crippen LogP contribution < -0.4 is 5.32 Å². The van der Waals surface area contributed by atoms with Crippen molar-refractivity contribution < 1.29 is 4.74 Å². The molecule has 5 nitrogen and oxygen atoms in total. The predicted octanol–water partition coefficient (Wildman–Crippen LogP) is 1.34. The Morgan fingerprint density at radius 1 is 1.36 bits per heavy atom. The normalized spacial score (nSPS) is 28.9. The summed E-state index contributed by atoms with van der Waals surface area (Å²) in [4.78, 5) is 11.6. The number of rotatable bonds is 3. The summed E-state index contributed by atoms with van der Waals surface area (Å²) >= 11 is 0. The zero-order valence-corrected chi connectivity index (χ0v) is 13.4. The minimum absolute atomic E-state index is 0.439. The third kappa shape index (κ3) is 2.90. The largest absolute Gasteiger partial charge is 0.376 e. The van der Waals surface area contributed by atoms with E-state index >= 15 is 0 Å². The molecule has 4 heterocycles. The fraction of sp³-hybridized carbons (Fsp3) is 0.765. The van der Waals surface area contributed by atoms with Crippen LogP contribution >= 0.6 is 0 Å². The van der Waals surface area contributed by atoms with Gasteiger partial charge in [0.25, 0.3) is 0 Å². The molecule has 1 aromatic heterocycles. The third-order valence-electron chi connectivity index (χ3n) is 5.51. The Bertz CT molecular complexity index is 523. The summed E-state index contributed by atoms with van der Waals surface area (Å²) in [5.41, 5.74) is 1.55. The molecule has 3 aliphatic heterocycles. The van der Waals surface area contributed by atoms with Gasteiger partial charge in [-0.25, -0.2) is 9.97 Å². The number of aryl methyl sites for hydroxylation is 1. The van der Waals surface area contributed by atoms with Gasteiger partial charge in [-0.1, -0.05) is 0 Å². The first-order chi connectivity index (χ1) is 10.7. The van der Waals surface area contributed by atoms with Crippen LogP contribution in [0, 0.1) is 12.3 Å². The summed E-state index contributed by atoms with van der Waals surface area (Å²) in [5, 5.41) is 3.39. The van der Waals surface area contributed by atoms with E-state index < -0.39 is 0 Å². The van der Waals surface area contributed by atoms with Crippen molar-refractivity contribution in [1.82, 2.24) is 20.2 Å². The van der Waals surface area contributed by atoms with Crippen molar-refractivity contribution in [3.63, 3.8) is 0 Å². The van der Waals surface area contributed by atoms with Gasteiger partial charge in [0.2, 0.25) is 0 Å². The van der Waals surface area contributed by atoms with Gasteiger partial charge in [-0.05, 0) is 45.3 Å². The van der Waals surface area contributed by atoms with Crippen molar-refractivity contribution in [2.75, 3.05) is 39.3 Å². The highest BCUT2D eigenvalue weighted by molar-refractivity contribution is 5.05. The molecular formula is C17H26N4O. The number of hydrogen-bond acceptors (Lipinski definition) is 5. The van der Waals surface area contributed by atoms with Crippen LogP contribution in [0.15, 0.2) is 12.3 Å². The lowest BCUT2D eigenvalue weighted by Gasteiger charge is -2.38. The molecule has 1 unspecified atom stereocenters. The quantitative estimate of drug-likeness (QED) is 0.913. The molecule has 1 aromatic rings. The summed E-state index contributed by atoms with van der Waals surface area (Å²) < 4.78 is 6.03. The van der Waals surface area contributed by atoms with Gasteiger partial charge in [-0.2, -0.15) is 0 Å². The molecule has 0 bridgehead atoms. The van der Waals surface area contributed by atoms with Crippen LogP contribution in [-0.2, 0) is 4.74 Å². The minimum Gasteiger partial charge on any atom is -0.376 e. The Morgan fingerprint density at radius 2 is 2.18 bits per heavy atom. The molecule has 0 saturated carbocycles. The van der Waals surface area contributed by atoms with E-state index in [1.807, 2.05) is 19.2 Å². The smallest absolute Gasteiger partial charge is 0.131 e. The molecule has 120 valence electrons. The Balaban J connectivity index is 1.27. The van der Waals surface area contributed by atoms with Crippen LogP contribution in [-0.4, -0.2) is 60.3 Å². The molecule has 4 rings (SSSR count). The van der Waals surface area contributed by atoms with Crippen molar-refractivity contribution in [3.05, 3.63) is 23.8 Å².